The Hall–Kier alpha value is -1.88. The monoisotopic (exact) mass is 373 g/mol. The Balaban J connectivity index is 1.79. The number of hydrogen-bond acceptors (Lipinski definition) is 7. The van der Waals surface area contributed by atoms with Crippen molar-refractivity contribution < 1.29 is 37.3 Å². The van der Waals surface area contributed by atoms with Crippen molar-refractivity contribution in [3.63, 3.8) is 0 Å². The molecule has 1 saturated heterocycles. The molecule has 2 atom stereocenters. The number of hydrogen-bond donors (Lipinski definition) is 2. The molecular formula is C15H19NO8S. The first kappa shape index (κ1) is 17.9. The molecule has 3 rings (SSSR count). The van der Waals surface area contributed by atoms with Gasteiger partial charge in [-0.05, 0) is 18.6 Å². The Morgan fingerprint density at radius 2 is 2.08 bits per heavy atom. The Morgan fingerprint density at radius 1 is 1.28 bits per heavy atom. The Morgan fingerprint density at radius 3 is 2.88 bits per heavy atom. The van der Waals surface area contributed by atoms with Gasteiger partial charge >= 0.3 is 5.97 Å². The van der Waals surface area contributed by atoms with E-state index in [1.54, 1.807) is 12.1 Å². The number of carboxylic acid groups (broad SMARTS) is 1. The molecule has 138 valence electrons. The molecular weight excluding hydrogens is 354 g/mol. The molecule has 0 spiro atoms. The smallest absolute Gasteiger partial charge is 0.329 e. The minimum atomic E-state index is -3.94. The number of benzene rings is 1. The lowest BCUT2D eigenvalue weighted by molar-refractivity contribution is -0.147. The van der Waals surface area contributed by atoms with Gasteiger partial charge in [0.15, 0.2) is 11.5 Å². The highest BCUT2D eigenvalue weighted by molar-refractivity contribution is 7.89. The average molecular weight is 373 g/mol. The van der Waals surface area contributed by atoms with Crippen molar-refractivity contribution in [1.29, 1.82) is 0 Å². The number of fused-ring (bicyclic) bond motifs is 1. The van der Waals surface area contributed by atoms with E-state index in [0.717, 1.165) is 0 Å². The fraction of sp³-hybridized carbons (Fsp3) is 0.533. The van der Waals surface area contributed by atoms with Crippen molar-refractivity contribution in [2.24, 2.45) is 0 Å². The highest BCUT2D eigenvalue weighted by Gasteiger charge is 2.33. The average Bonchev–Trinajstić information content (AvgIpc) is 2.60. The summed E-state index contributed by atoms with van der Waals surface area (Å²) in [4.78, 5) is 10.7. The second-order valence-corrected chi connectivity index (χ2v) is 7.30. The number of sulfonamides is 1. The number of aliphatic carboxylic acids is 1. The van der Waals surface area contributed by atoms with Crippen molar-refractivity contribution in [3.8, 4) is 11.5 Å². The van der Waals surface area contributed by atoms with Gasteiger partial charge in [-0.25, -0.2) is 17.9 Å². The third-order valence-electron chi connectivity index (χ3n) is 3.84. The first-order chi connectivity index (χ1) is 12.0. The van der Waals surface area contributed by atoms with Crippen LogP contribution < -0.4 is 14.2 Å². The zero-order valence-corrected chi connectivity index (χ0v) is 14.2. The van der Waals surface area contributed by atoms with Crippen LogP contribution in [0.3, 0.4) is 0 Å². The molecule has 0 saturated carbocycles. The van der Waals surface area contributed by atoms with Gasteiger partial charge in [-0.15, -0.1) is 0 Å². The van der Waals surface area contributed by atoms with Crippen LogP contribution in [0.5, 0.6) is 11.5 Å². The lowest BCUT2D eigenvalue weighted by Gasteiger charge is -2.31. The van der Waals surface area contributed by atoms with E-state index >= 15 is 0 Å². The number of ether oxygens (including phenoxy) is 4. The highest BCUT2D eigenvalue weighted by Crippen LogP contribution is 2.36. The minimum Gasteiger partial charge on any atom is -0.486 e. The van der Waals surface area contributed by atoms with Crippen LogP contribution in [0, 0.1) is 0 Å². The van der Waals surface area contributed by atoms with Gasteiger partial charge in [-0.2, -0.15) is 0 Å². The van der Waals surface area contributed by atoms with E-state index in [4.69, 9.17) is 24.1 Å². The normalized spacial score (nSPS) is 23.2. The predicted octanol–water partition coefficient (Wildman–Crippen LogP) is -0.00520. The second kappa shape index (κ2) is 7.56. The van der Waals surface area contributed by atoms with Gasteiger partial charge in [-0.3, -0.25) is 0 Å². The van der Waals surface area contributed by atoms with E-state index in [1.165, 1.54) is 6.07 Å². The van der Waals surface area contributed by atoms with E-state index in [0.29, 0.717) is 25.4 Å². The molecule has 2 heterocycles. The van der Waals surface area contributed by atoms with Crippen LogP contribution in [-0.4, -0.2) is 64.7 Å². The van der Waals surface area contributed by atoms with E-state index < -0.39 is 34.7 Å². The summed E-state index contributed by atoms with van der Waals surface area (Å²) < 4.78 is 49.5. The molecule has 1 aromatic carbocycles. The van der Waals surface area contributed by atoms with Gasteiger partial charge in [-0.1, -0.05) is 6.07 Å². The molecule has 9 nitrogen and oxygen atoms in total. The lowest BCUT2D eigenvalue weighted by Crippen LogP contribution is -2.50. The standard InChI is InChI=1S/C15H19NO8S/c17-14(18)9-24-11-4-5-21-8-10(11)16-25(19,20)13-3-1-2-12-15(13)23-7-6-22-12/h1-3,10-11,16H,4-9H2,(H,17,18)/t10-,11+/m0/s1. The molecule has 25 heavy (non-hydrogen) atoms. The second-order valence-electron chi connectivity index (χ2n) is 5.61. The Bertz CT molecular complexity index is 735. The predicted molar refractivity (Wildman–Crippen MR) is 84.4 cm³/mol. The van der Waals surface area contributed by atoms with Gasteiger partial charge in [0.05, 0.1) is 18.8 Å². The third kappa shape index (κ3) is 4.21. The van der Waals surface area contributed by atoms with Crippen LogP contribution in [0.15, 0.2) is 23.1 Å². The van der Waals surface area contributed by atoms with Crippen LogP contribution in [0.2, 0.25) is 0 Å². The summed E-state index contributed by atoms with van der Waals surface area (Å²) >= 11 is 0. The summed E-state index contributed by atoms with van der Waals surface area (Å²) in [7, 11) is -3.94. The zero-order chi connectivity index (χ0) is 17.9. The molecule has 1 fully saturated rings. The third-order valence-corrected chi connectivity index (χ3v) is 5.35. The number of carboxylic acids is 1. The van der Waals surface area contributed by atoms with Gasteiger partial charge in [0.2, 0.25) is 10.0 Å². The first-order valence-electron chi connectivity index (χ1n) is 7.79. The van der Waals surface area contributed by atoms with Crippen molar-refractivity contribution in [3.05, 3.63) is 18.2 Å². The summed E-state index contributed by atoms with van der Waals surface area (Å²) in [5, 5.41) is 8.75. The molecule has 2 aliphatic rings. The van der Waals surface area contributed by atoms with Crippen molar-refractivity contribution in [2.75, 3.05) is 33.0 Å². The number of para-hydroxylation sites is 1. The fourth-order valence-corrected chi connectivity index (χ4v) is 4.13. The quantitative estimate of drug-likeness (QED) is 0.715. The molecule has 0 radical (unpaired) electrons. The number of carbonyl (C=O) groups is 1. The Labute approximate surface area is 144 Å². The molecule has 1 aromatic rings. The zero-order valence-electron chi connectivity index (χ0n) is 13.3. The van der Waals surface area contributed by atoms with Crippen molar-refractivity contribution in [2.45, 2.75) is 23.5 Å². The van der Waals surface area contributed by atoms with Crippen LogP contribution in [0.25, 0.3) is 0 Å². The molecule has 10 heteroatoms. The largest absolute Gasteiger partial charge is 0.486 e. The van der Waals surface area contributed by atoms with Crippen LogP contribution in [0.4, 0.5) is 0 Å². The molecule has 0 unspecified atom stereocenters. The summed E-state index contributed by atoms with van der Waals surface area (Å²) in [6, 6.07) is 3.93. The van der Waals surface area contributed by atoms with Crippen molar-refractivity contribution >= 4 is 16.0 Å². The van der Waals surface area contributed by atoms with E-state index in [2.05, 4.69) is 4.72 Å². The highest BCUT2D eigenvalue weighted by atomic mass is 32.2. The number of rotatable bonds is 6. The fourth-order valence-electron chi connectivity index (χ4n) is 2.73. The van der Waals surface area contributed by atoms with E-state index in [9.17, 15) is 13.2 Å². The summed E-state index contributed by atoms with van der Waals surface area (Å²) in [5.74, 6) is -0.579. The van der Waals surface area contributed by atoms with Gasteiger partial charge in [0.1, 0.15) is 24.7 Å². The van der Waals surface area contributed by atoms with Gasteiger partial charge in [0.25, 0.3) is 0 Å². The molecule has 0 bridgehead atoms. The topological polar surface area (TPSA) is 120 Å². The first-order valence-corrected chi connectivity index (χ1v) is 9.28. The van der Waals surface area contributed by atoms with E-state index in [1.807, 2.05) is 0 Å². The van der Waals surface area contributed by atoms with Crippen LogP contribution >= 0.6 is 0 Å². The molecule has 0 amide bonds. The maximum Gasteiger partial charge on any atom is 0.329 e. The minimum absolute atomic E-state index is 0.0349. The molecule has 2 aliphatic heterocycles. The van der Waals surface area contributed by atoms with Crippen LogP contribution in [-0.2, 0) is 24.3 Å². The molecule has 0 aliphatic carbocycles. The maximum absolute atomic E-state index is 12.8. The Kier molecular flexibility index (Phi) is 5.42. The summed E-state index contributed by atoms with van der Waals surface area (Å²) in [6.07, 6.45) is -0.191. The lowest BCUT2D eigenvalue weighted by atomic mass is 10.1. The van der Waals surface area contributed by atoms with Gasteiger partial charge < -0.3 is 24.1 Å². The van der Waals surface area contributed by atoms with Crippen LogP contribution in [0.1, 0.15) is 6.42 Å². The number of nitrogens with one attached hydrogen (secondary N) is 1. The van der Waals surface area contributed by atoms with Crippen molar-refractivity contribution in [1.82, 2.24) is 4.72 Å². The SMILES string of the molecule is O=C(O)CO[C@@H]1CCOC[C@@H]1NS(=O)(=O)c1cccc2c1OCCO2. The summed E-state index contributed by atoms with van der Waals surface area (Å²) in [6.45, 7) is 0.582. The van der Waals surface area contributed by atoms with E-state index in [-0.39, 0.29) is 23.9 Å². The molecule has 2 N–H and O–H groups in total. The molecule has 0 aromatic heterocycles. The summed E-state index contributed by atoms with van der Waals surface area (Å²) in [5.41, 5.74) is 0. The van der Waals surface area contributed by atoms with Gasteiger partial charge in [0, 0.05) is 6.61 Å². The maximum atomic E-state index is 12.8.